The number of rotatable bonds is 3. The maximum atomic E-state index is 5.73. The van der Waals surface area contributed by atoms with Crippen LogP contribution in [0.2, 0.25) is 0 Å². The molecule has 3 heteroatoms. The lowest BCUT2D eigenvalue weighted by Gasteiger charge is -2.17. The minimum absolute atomic E-state index is 0.409. The molecular weight excluding hydrogens is 204 g/mol. The van der Waals surface area contributed by atoms with Crippen LogP contribution in [0.5, 0.6) is 0 Å². The Balaban J connectivity index is 1.81. The molecule has 2 saturated carbocycles. The number of nitrogens with one attached hydrogen (secondary N) is 1. The van der Waals surface area contributed by atoms with Crippen molar-refractivity contribution in [3.8, 4) is 0 Å². The van der Waals surface area contributed by atoms with Gasteiger partial charge in [-0.1, -0.05) is 6.42 Å². The topological polar surface area (TPSA) is 38.0 Å². The fourth-order valence-electron chi connectivity index (χ4n) is 3.50. The summed E-state index contributed by atoms with van der Waals surface area (Å²) in [4.78, 5) is 1.42. The van der Waals surface area contributed by atoms with Gasteiger partial charge in [-0.15, -0.1) is 11.3 Å². The van der Waals surface area contributed by atoms with Crippen LogP contribution in [-0.4, -0.2) is 0 Å². The molecule has 1 heterocycles. The number of hydrogen-bond donors (Lipinski definition) is 2. The summed E-state index contributed by atoms with van der Waals surface area (Å²) in [6.07, 6.45) is 4.29. The molecule has 3 atom stereocenters. The van der Waals surface area contributed by atoms with Crippen molar-refractivity contribution in [1.29, 1.82) is 0 Å². The molecule has 1 aromatic heterocycles. The normalized spacial score (nSPS) is 35.2. The fourth-order valence-corrected chi connectivity index (χ4v) is 4.25. The molecule has 82 valence electrons. The number of thiophene rings is 1. The Morgan fingerprint density at radius 1 is 1.47 bits per heavy atom. The molecule has 0 bridgehead atoms. The van der Waals surface area contributed by atoms with Gasteiger partial charge in [0.25, 0.3) is 0 Å². The zero-order valence-electron chi connectivity index (χ0n) is 9.07. The maximum absolute atomic E-state index is 5.73. The van der Waals surface area contributed by atoms with E-state index in [-0.39, 0.29) is 0 Å². The van der Waals surface area contributed by atoms with Crippen molar-refractivity contribution in [2.75, 3.05) is 0 Å². The van der Waals surface area contributed by atoms with Crippen molar-refractivity contribution < 1.29 is 0 Å². The molecule has 15 heavy (non-hydrogen) atoms. The highest BCUT2D eigenvalue weighted by molar-refractivity contribution is 7.10. The van der Waals surface area contributed by atoms with Gasteiger partial charge in [-0.25, -0.2) is 0 Å². The predicted molar refractivity (Wildman–Crippen MR) is 63.4 cm³/mol. The summed E-state index contributed by atoms with van der Waals surface area (Å²) in [5.41, 5.74) is 4.47. The van der Waals surface area contributed by atoms with Gasteiger partial charge in [-0.2, -0.15) is 0 Å². The van der Waals surface area contributed by atoms with Crippen LogP contribution in [0.15, 0.2) is 11.4 Å². The van der Waals surface area contributed by atoms with E-state index in [1.54, 1.807) is 0 Å². The smallest absolute Gasteiger partial charge is 0.0504 e. The number of fused-ring (bicyclic) bond motifs is 1. The summed E-state index contributed by atoms with van der Waals surface area (Å²) in [6.45, 7) is 2.20. The minimum atomic E-state index is 0.409. The average Bonchev–Trinajstić information content (AvgIpc) is 2.66. The third kappa shape index (κ3) is 1.45. The van der Waals surface area contributed by atoms with Gasteiger partial charge in [-0.3, -0.25) is 11.3 Å². The first-order valence-corrected chi connectivity index (χ1v) is 6.71. The molecule has 3 rings (SSSR count). The Bertz CT molecular complexity index is 350. The second kappa shape index (κ2) is 3.58. The van der Waals surface area contributed by atoms with Crippen molar-refractivity contribution in [2.45, 2.75) is 32.2 Å². The summed E-state index contributed by atoms with van der Waals surface area (Å²) < 4.78 is 0. The summed E-state index contributed by atoms with van der Waals surface area (Å²) in [5, 5.41) is 2.17. The van der Waals surface area contributed by atoms with Crippen LogP contribution >= 0.6 is 11.3 Å². The van der Waals surface area contributed by atoms with E-state index in [0.717, 1.165) is 17.8 Å². The highest BCUT2D eigenvalue weighted by atomic mass is 32.1. The van der Waals surface area contributed by atoms with E-state index in [0.29, 0.717) is 6.04 Å². The summed E-state index contributed by atoms with van der Waals surface area (Å²) in [7, 11) is 0. The lowest BCUT2D eigenvalue weighted by molar-refractivity contribution is 0.425. The van der Waals surface area contributed by atoms with Gasteiger partial charge in [0.15, 0.2) is 0 Å². The van der Waals surface area contributed by atoms with Gasteiger partial charge in [-0.05, 0) is 54.5 Å². The lowest BCUT2D eigenvalue weighted by atomic mass is 9.98. The first kappa shape index (κ1) is 9.82. The van der Waals surface area contributed by atoms with E-state index in [2.05, 4.69) is 23.8 Å². The third-order valence-corrected chi connectivity index (χ3v) is 5.13. The van der Waals surface area contributed by atoms with Gasteiger partial charge in [0.1, 0.15) is 0 Å². The van der Waals surface area contributed by atoms with Crippen LogP contribution in [0.3, 0.4) is 0 Å². The van der Waals surface area contributed by atoms with E-state index in [9.17, 15) is 0 Å². The number of aryl methyl sites for hydroxylation is 1. The highest BCUT2D eigenvalue weighted by Crippen LogP contribution is 2.62. The number of hydrazine groups is 1. The first-order chi connectivity index (χ1) is 7.33. The van der Waals surface area contributed by atoms with Gasteiger partial charge in [0.2, 0.25) is 0 Å². The lowest BCUT2D eigenvalue weighted by Crippen LogP contribution is -2.30. The monoisotopic (exact) mass is 222 g/mol. The number of hydrogen-bond acceptors (Lipinski definition) is 3. The van der Waals surface area contributed by atoms with Crippen molar-refractivity contribution in [2.24, 2.45) is 23.6 Å². The number of nitrogens with two attached hydrogens (primary N) is 1. The van der Waals surface area contributed by atoms with Crippen molar-refractivity contribution in [1.82, 2.24) is 5.43 Å². The predicted octanol–water partition coefficient (Wildman–Crippen LogP) is 2.61. The zero-order chi connectivity index (χ0) is 10.4. The maximum Gasteiger partial charge on any atom is 0.0504 e. The highest BCUT2D eigenvalue weighted by Gasteiger charge is 2.56. The average molecular weight is 222 g/mol. The van der Waals surface area contributed by atoms with Crippen LogP contribution in [0, 0.1) is 24.7 Å². The Morgan fingerprint density at radius 3 is 2.73 bits per heavy atom. The fraction of sp³-hybridized carbons (Fsp3) is 0.667. The Hall–Kier alpha value is -0.380. The molecular formula is C12H18N2S. The molecule has 3 N–H and O–H groups in total. The van der Waals surface area contributed by atoms with Crippen LogP contribution in [0.4, 0.5) is 0 Å². The first-order valence-electron chi connectivity index (χ1n) is 5.83. The summed E-state index contributed by atoms with van der Waals surface area (Å²) >= 11 is 1.83. The standard InChI is InChI=1S/C12H18N2S/c1-7-8(5-6-15-7)12(14-13)11-9-3-2-4-10(9)11/h5-6,9-12,14H,2-4,13H2,1H3. The Labute approximate surface area is 94.8 Å². The molecule has 2 aliphatic rings. The molecule has 0 aromatic carbocycles. The van der Waals surface area contributed by atoms with Crippen LogP contribution in [-0.2, 0) is 0 Å². The Morgan fingerprint density at radius 2 is 2.20 bits per heavy atom. The second-order valence-corrected chi connectivity index (χ2v) is 6.03. The Kier molecular flexibility index (Phi) is 2.34. The largest absolute Gasteiger partial charge is 0.271 e. The third-order valence-electron chi connectivity index (χ3n) is 4.27. The van der Waals surface area contributed by atoms with E-state index in [4.69, 9.17) is 5.84 Å². The van der Waals surface area contributed by atoms with E-state index >= 15 is 0 Å². The summed E-state index contributed by atoms with van der Waals surface area (Å²) in [6, 6.07) is 2.64. The van der Waals surface area contributed by atoms with Gasteiger partial charge in [0, 0.05) is 4.88 Å². The van der Waals surface area contributed by atoms with Crippen LogP contribution < -0.4 is 11.3 Å². The SMILES string of the molecule is Cc1sccc1C(NN)C1C2CCCC21. The second-order valence-electron chi connectivity index (χ2n) is 4.91. The molecule has 0 spiro atoms. The minimum Gasteiger partial charge on any atom is -0.271 e. The van der Waals surface area contributed by atoms with Crippen molar-refractivity contribution in [3.63, 3.8) is 0 Å². The van der Waals surface area contributed by atoms with E-state index in [1.165, 1.54) is 29.7 Å². The molecule has 0 radical (unpaired) electrons. The van der Waals surface area contributed by atoms with Crippen molar-refractivity contribution >= 4 is 11.3 Å². The van der Waals surface area contributed by atoms with Gasteiger partial charge < -0.3 is 0 Å². The van der Waals surface area contributed by atoms with E-state index < -0.39 is 0 Å². The van der Waals surface area contributed by atoms with Gasteiger partial charge in [0.05, 0.1) is 6.04 Å². The molecule has 2 aliphatic carbocycles. The van der Waals surface area contributed by atoms with Crippen LogP contribution in [0.1, 0.15) is 35.7 Å². The molecule has 2 nitrogen and oxygen atoms in total. The molecule has 0 amide bonds. The molecule has 1 aromatic rings. The van der Waals surface area contributed by atoms with Crippen LogP contribution in [0.25, 0.3) is 0 Å². The molecule has 2 fully saturated rings. The molecule has 0 saturated heterocycles. The van der Waals surface area contributed by atoms with E-state index in [1.807, 2.05) is 11.3 Å². The zero-order valence-corrected chi connectivity index (χ0v) is 9.89. The quantitative estimate of drug-likeness (QED) is 0.609. The molecule has 0 aliphatic heterocycles. The molecule has 3 unspecified atom stereocenters. The summed E-state index contributed by atoms with van der Waals surface area (Å²) in [5.74, 6) is 8.47. The van der Waals surface area contributed by atoms with Crippen molar-refractivity contribution in [3.05, 3.63) is 21.9 Å². The van der Waals surface area contributed by atoms with Gasteiger partial charge >= 0.3 is 0 Å².